The Morgan fingerprint density at radius 2 is 0.720 bits per heavy atom. The van der Waals surface area contributed by atoms with Crippen LogP contribution in [0.1, 0.15) is 0 Å². The summed E-state index contributed by atoms with van der Waals surface area (Å²) in [5.74, 6) is 0. The predicted molar refractivity (Wildman–Crippen MR) is 210 cm³/mol. The summed E-state index contributed by atoms with van der Waals surface area (Å²) in [6, 6.07) is 67.6. The zero-order chi connectivity index (χ0) is 33.0. The zero-order valence-electron chi connectivity index (χ0n) is 27.3. The third-order valence-electron chi connectivity index (χ3n) is 10.0. The van der Waals surface area contributed by atoms with Crippen LogP contribution in [0, 0.1) is 0 Å². The van der Waals surface area contributed by atoms with E-state index in [1.54, 1.807) is 0 Å². The second kappa shape index (κ2) is 11.5. The topological polar surface area (TPSA) is 18.1 Å². The lowest BCUT2D eigenvalue weighted by atomic mass is 9.99. The summed E-state index contributed by atoms with van der Waals surface area (Å²) in [7, 11) is 0. The van der Waals surface area contributed by atoms with Crippen LogP contribution in [0.25, 0.3) is 93.9 Å². The van der Waals surface area contributed by atoms with Gasteiger partial charge < -0.3 is 8.98 Å². The summed E-state index contributed by atoms with van der Waals surface area (Å²) in [5.41, 5.74) is 14.9. The first kappa shape index (κ1) is 28.4. The normalized spacial score (nSPS) is 11.6. The number of aromatic nitrogens is 1. The maximum absolute atomic E-state index is 6.18. The molecule has 0 spiro atoms. The van der Waals surface area contributed by atoms with E-state index >= 15 is 0 Å². The Hall–Kier alpha value is -6.64. The fourth-order valence-electron chi connectivity index (χ4n) is 7.50. The van der Waals surface area contributed by atoms with Gasteiger partial charge in [0.1, 0.15) is 11.2 Å². The molecule has 2 nitrogen and oxygen atoms in total. The number of para-hydroxylation sites is 1. The van der Waals surface area contributed by atoms with Crippen LogP contribution in [0.2, 0.25) is 0 Å². The quantitative estimate of drug-likeness (QED) is 0.184. The smallest absolute Gasteiger partial charge is 0.136 e. The Kier molecular flexibility index (Phi) is 6.53. The highest BCUT2D eigenvalue weighted by Gasteiger charge is 2.16. The van der Waals surface area contributed by atoms with Gasteiger partial charge in [-0.15, -0.1) is 0 Å². The lowest BCUT2D eigenvalue weighted by Gasteiger charge is -2.12. The summed E-state index contributed by atoms with van der Waals surface area (Å²) in [5, 5.41) is 4.79. The molecule has 8 aromatic carbocycles. The first-order chi connectivity index (χ1) is 24.8. The Morgan fingerprint density at radius 1 is 0.280 bits per heavy atom. The third kappa shape index (κ3) is 4.73. The van der Waals surface area contributed by atoms with E-state index in [-0.39, 0.29) is 0 Å². The largest absolute Gasteiger partial charge is 0.456 e. The molecule has 2 heterocycles. The van der Waals surface area contributed by atoms with Crippen molar-refractivity contribution in [2.75, 3.05) is 0 Å². The number of fused-ring (bicyclic) bond motifs is 6. The van der Waals surface area contributed by atoms with Gasteiger partial charge in [-0.1, -0.05) is 146 Å². The summed E-state index contributed by atoms with van der Waals surface area (Å²) in [6.07, 6.45) is 0. The third-order valence-corrected chi connectivity index (χ3v) is 10.0. The number of furan rings is 1. The Labute approximate surface area is 290 Å². The molecule has 0 aliphatic rings. The van der Waals surface area contributed by atoms with Gasteiger partial charge in [0.2, 0.25) is 0 Å². The summed E-state index contributed by atoms with van der Waals surface area (Å²) >= 11 is 0. The van der Waals surface area contributed by atoms with Crippen LogP contribution in [0.3, 0.4) is 0 Å². The van der Waals surface area contributed by atoms with Gasteiger partial charge in [0.05, 0.1) is 11.0 Å². The van der Waals surface area contributed by atoms with E-state index in [1.807, 2.05) is 12.1 Å². The molecule has 0 saturated heterocycles. The van der Waals surface area contributed by atoms with Crippen LogP contribution in [0.5, 0.6) is 0 Å². The van der Waals surface area contributed by atoms with Crippen molar-refractivity contribution >= 4 is 43.7 Å². The van der Waals surface area contributed by atoms with Crippen LogP contribution in [0.4, 0.5) is 0 Å². The molecular formula is C48H31NO. The minimum absolute atomic E-state index is 0.914. The average Bonchev–Trinajstić information content (AvgIpc) is 3.73. The van der Waals surface area contributed by atoms with E-state index < -0.39 is 0 Å². The standard InChI is InChI=1S/C48H31NO/c1-3-10-32(11-4-1)37-22-25-41-42-26-23-38(33-12-5-2-6-13-33)30-46(42)49(45(41)29-37)40-15-9-14-36(28-40)34-18-20-35(21-19-34)39-24-27-44-43-16-7-8-17-47(43)50-48(44)31-39/h1-31H. The first-order valence-electron chi connectivity index (χ1n) is 17.1. The molecule has 0 aliphatic carbocycles. The second-order valence-corrected chi connectivity index (χ2v) is 13.0. The van der Waals surface area contributed by atoms with Gasteiger partial charge in [0, 0.05) is 27.2 Å². The van der Waals surface area contributed by atoms with Gasteiger partial charge in [0.15, 0.2) is 0 Å². The van der Waals surface area contributed by atoms with E-state index in [1.165, 1.54) is 55.2 Å². The van der Waals surface area contributed by atoms with Crippen LogP contribution in [-0.4, -0.2) is 4.57 Å². The molecule has 10 rings (SSSR count). The monoisotopic (exact) mass is 637 g/mol. The molecule has 50 heavy (non-hydrogen) atoms. The lowest BCUT2D eigenvalue weighted by Crippen LogP contribution is -1.95. The van der Waals surface area contributed by atoms with Crippen molar-refractivity contribution in [3.8, 4) is 50.2 Å². The highest BCUT2D eigenvalue weighted by atomic mass is 16.3. The molecule has 0 saturated carbocycles. The number of hydrogen-bond donors (Lipinski definition) is 0. The van der Waals surface area contributed by atoms with Gasteiger partial charge >= 0.3 is 0 Å². The maximum atomic E-state index is 6.18. The van der Waals surface area contributed by atoms with Gasteiger partial charge in [-0.25, -0.2) is 0 Å². The van der Waals surface area contributed by atoms with E-state index in [0.29, 0.717) is 0 Å². The molecule has 0 bridgehead atoms. The minimum atomic E-state index is 0.914. The fourth-order valence-corrected chi connectivity index (χ4v) is 7.50. The molecule has 0 unspecified atom stereocenters. The van der Waals surface area contributed by atoms with Crippen molar-refractivity contribution in [1.82, 2.24) is 4.57 Å². The number of hydrogen-bond acceptors (Lipinski definition) is 1. The molecule has 234 valence electrons. The van der Waals surface area contributed by atoms with Gasteiger partial charge in [-0.05, 0) is 87.0 Å². The zero-order valence-corrected chi connectivity index (χ0v) is 27.3. The Bertz CT molecular complexity index is 2740. The maximum Gasteiger partial charge on any atom is 0.136 e. The second-order valence-electron chi connectivity index (χ2n) is 13.0. The number of benzene rings is 8. The first-order valence-corrected chi connectivity index (χ1v) is 17.1. The summed E-state index contributed by atoms with van der Waals surface area (Å²) in [4.78, 5) is 0. The molecular weight excluding hydrogens is 607 g/mol. The Balaban J connectivity index is 1.09. The minimum Gasteiger partial charge on any atom is -0.456 e. The molecule has 2 heteroatoms. The van der Waals surface area contributed by atoms with Crippen LogP contribution < -0.4 is 0 Å². The Morgan fingerprint density at radius 3 is 1.34 bits per heavy atom. The van der Waals surface area contributed by atoms with Crippen LogP contribution >= 0.6 is 0 Å². The molecule has 0 fully saturated rings. The molecule has 0 radical (unpaired) electrons. The molecule has 10 aromatic rings. The van der Waals surface area contributed by atoms with Gasteiger partial charge in [-0.3, -0.25) is 0 Å². The van der Waals surface area contributed by atoms with E-state index in [9.17, 15) is 0 Å². The van der Waals surface area contributed by atoms with Crippen molar-refractivity contribution in [1.29, 1.82) is 0 Å². The van der Waals surface area contributed by atoms with E-state index in [2.05, 4.69) is 180 Å². The van der Waals surface area contributed by atoms with Crippen molar-refractivity contribution in [2.24, 2.45) is 0 Å². The van der Waals surface area contributed by atoms with E-state index in [4.69, 9.17) is 4.42 Å². The molecule has 0 atom stereocenters. The SMILES string of the molecule is c1ccc(-c2ccc3c4ccc(-c5ccccc5)cc4n(-c4cccc(-c5ccc(-c6ccc7c(c6)oc6ccccc67)cc5)c4)c3c2)cc1. The molecule has 0 amide bonds. The summed E-state index contributed by atoms with van der Waals surface area (Å²) in [6.45, 7) is 0. The van der Waals surface area contributed by atoms with Crippen LogP contribution in [0.15, 0.2) is 192 Å². The van der Waals surface area contributed by atoms with Gasteiger partial charge in [0.25, 0.3) is 0 Å². The molecule has 2 aromatic heterocycles. The highest BCUT2D eigenvalue weighted by Crippen LogP contribution is 2.38. The average molecular weight is 638 g/mol. The summed E-state index contributed by atoms with van der Waals surface area (Å²) < 4.78 is 8.61. The molecule has 0 aliphatic heterocycles. The van der Waals surface area contributed by atoms with Crippen molar-refractivity contribution < 1.29 is 4.42 Å². The fraction of sp³-hybridized carbons (Fsp3) is 0. The molecule has 0 N–H and O–H groups in total. The number of nitrogens with zero attached hydrogens (tertiary/aromatic N) is 1. The highest BCUT2D eigenvalue weighted by molar-refractivity contribution is 6.11. The van der Waals surface area contributed by atoms with Gasteiger partial charge in [-0.2, -0.15) is 0 Å². The number of rotatable bonds is 5. The van der Waals surface area contributed by atoms with Crippen LogP contribution in [-0.2, 0) is 0 Å². The van der Waals surface area contributed by atoms with E-state index in [0.717, 1.165) is 38.8 Å². The van der Waals surface area contributed by atoms with Crippen molar-refractivity contribution in [2.45, 2.75) is 0 Å². The van der Waals surface area contributed by atoms with Crippen molar-refractivity contribution in [3.05, 3.63) is 188 Å². The lowest BCUT2D eigenvalue weighted by molar-refractivity contribution is 0.669. The predicted octanol–water partition coefficient (Wildman–Crippen LogP) is 13.4. The van der Waals surface area contributed by atoms with Crippen molar-refractivity contribution in [3.63, 3.8) is 0 Å².